The van der Waals surface area contributed by atoms with Crippen LogP contribution in [0.25, 0.3) is 0 Å². The Balaban J connectivity index is 1.42. The number of ether oxygens (including phenoxy) is 2. The molecule has 1 aliphatic heterocycles. The van der Waals surface area contributed by atoms with Gasteiger partial charge in [-0.3, -0.25) is 9.59 Å². The first-order chi connectivity index (χ1) is 16.0. The lowest BCUT2D eigenvalue weighted by Crippen LogP contribution is -2.33. The van der Waals surface area contributed by atoms with Gasteiger partial charge in [0.05, 0.1) is 18.1 Å². The molecule has 0 spiro atoms. The van der Waals surface area contributed by atoms with E-state index in [1.54, 1.807) is 18.2 Å². The number of fused-ring (bicyclic) bond motifs is 1. The van der Waals surface area contributed by atoms with E-state index >= 15 is 0 Å². The van der Waals surface area contributed by atoms with Crippen LogP contribution in [0.5, 0.6) is 11.5 Å². The van der Waals surface area contributed by atoms with Crippen LogP contribution in [0.2, 0.25) is 5.02 Å². The lowest BCUT2D eigenvalue weighted by atomic mass is 9.93. The van der Waals surface area contributed by atoms with Gasteiger partial charge in [-0.05, 0) is 71.6 Å². The normalized spacial score (nSPS) is 15.5. The second-order valence-corrected chi connectivity index (χ2v) is 8.36. The quantitative estimate of drug-likeness (QED) is 0.337. The number of benzene rings is 3. The molecule has 3 aromatic carbocycles. The molecule has 0 saturated heterocycles. The second kappa shape index (κ2) is 10.3. The molecule has 3 aromatic rings. The van der Waals surface area contributed by atoms with Gasteiger partial charge in [0.1, 0.15) is 17.5 Å². The highest BCUT2D eigenvalue weighted by atomic mass is 35.5. The van der Waals surface area contributed by atoms with Gasteiger partial charge >= 0.3 is 5.97 Å². The smallest absolute Gasteiger partial charge is 0.324 e. The number of carbonyl (C=O) groups excluding carboxylic acids is 2. The SMILES string of the molecule is COC(=O)[C@@H](Cc1ccc(Oc2ccc(CC3C(=O)Nc4ccccc43)cc2Cl)cc1)NCl. The van der Waals surface area contributed by atoms with E-state index < -0.39 is 12.0 Å². The summed E-state index contributed by atoms with van der Waals surface area (Å²) in [7, 11) is 1.32. The average molecular weight is 485 g/mol. The van der Waals surface area contributed by atoms with Crippen LogP contribution in [0.1, 0.15) is 22.6 Å². The number of nitrogens with one attached hydrogen (secondary N) is 2. The predicted octanol–water partition coefficient (Wildman–Crippen LogP) is 5.24. The average Bonchev–Trinajstić information content (AvgIpc) is 3.14. The van der Waals surface area contributed by atoms with E-state index in [-0.39, 0.29) is 11.8 Å². The molecule has 8 heteroatoms. The first-order valence-corrected chi connectivity index (χ1v) is 11.1. The zero-order chi connectivity index (χ0) is 23.4. The standard InChI is InChI=1S/C25H22Cl2N2O4/c1-32-25(31)22(29-27)14-15-6-9-17(10-7-15)33-23-11-8-16(13-20(23)26)12-19-18-4-2-3-5-21(18)28-24(19)30/h2-11,13,19,22,29H,12,14H2,1H3,(H,28,30)/t19?,22-/m1/s1. The lowest BCUT2D eigenvalue weighted by Gasteiger charge is -2.13. The molecule has 1 unspecified atom stereocenters. The van der Waals surface area contributed by atoms with Gasteiger partial charge in [-0.2, -0.15) is 0 Å². The van der Waals surface area contributed by atoms with Gasteiger partial charge in [0.15, 0.2) is 0 Å². The largest absolute Gasteiger partial charge is 0.468 e. The van der Waals surface area contributed by atoms with Crippen molar-refractivity contribution in [1.29, 1.82) is 0 Å². The minimum atomic E-state index is -0.640. The van der Waals surface area contributed by atoms with Crippen molar-refractivity contribution in [2.45, 2.75) is 24.8 Å². The van der Waals surface area contributed by atoms with Gasteiger partial charge in [-0.1, -0.05) is 48.0 Å². The molecule has 0 bridgehead atoms. The molecule has 4 rings (SSSR count). The Hall–Kier alpha value is -3.06. The molecule has 1 heterocycles. The summed E-state index contributed by atoms with van der Waals surface area (Å²) < 4.78 is 10.6. The lowest BCUT2D eigenvalue weighted by molar-refractivity contribution is -0.142. The van der Waals surface area contributed by atoms with Crippen molar-refractivity contribution < 1.29 is 19.1 Å². The van der Waals surface area contributed by atoms with Gasteiger partial charge in [0, 0.05) is 5.69 Å². The summed E-state index contributed by atoms with van der Waals surface area (Å²) in [5.41, 5.74) is 3.70. The van der Waals surface area contributed by atoms with Crippen molar-refractivity contribution in [1.82, 2.24) is 4.84 Å². The van der Waals surface area contributed by atoms with Crippen molar-refractivity contribution in [2.24, 2.45) is 0 Å². The fraction of sp³-hybridized carbons (Fsp3) is 0.200. The summed E-state index contributed by atoms with van der Waals surface area (Å²) in [6.07, 6.45) is 0.928. The third-order valence-electron chi connectivity index (χ3n) is 5.56. The summed E-state index contributed by atoms with van der Waals surface area (Å²) in [6, 6.07) is 19.9. The molecular formula is C25H22Cl2N2O4. The zero-order valence-electron chi connectivity index (χ0n) is 17.8. The Kier molecular flexibility index (Phi) is 7.18. The first kappa shape index (κ1) is 23.1. The molecule has 1 amide bonds. The number of anilines is 1. The van der Waals surface area contributed by atoms with Crippen molar-refractivity contribution in [3.63, 3.8) is 0 Å². The number of hydrogen-bond acceptors (Lipinski definition) is 5. The molecule has 1 aliphatic rings. The maximum atomic E-state index is 12.4. The van der Waals surface area contributed by atoms with Crippen molar-refractivity contribution >= 4 is 40.9 Å². The van der Waals surface area contributed by atoms with Gasteiger partial charge in [-0.25, -0.2) is 4.84 Å². The molecule has 2 atom stereocenters. The molecule has 6 nitrogen and oxygen atoms in total. The van der Waals surface area contributed by atoms with Crippen molar-refractivity contribution in [3.8, 4) is 11.5 Å². The van der Waals surface area contributed by atoms with E-state index in [1.165, 1.54) is 7.11 Å². The molecule has 0 aliphatic carbocycles. The van der Waals surface area contributed by atoms with Crippen LogP contribution in [0.3, 0.4) is 0 Å². The van der Waals surface area contributed by atoms with Crippen molar-refractivity contribution in [2.75, 3.05) is 12.4 Å². The van der Waals surface area contributed by atoms with E-state index in [9.17, 15) is 9.59 Å². The topological polar surface area (TPSA) is 76.7 Å². The van der Waals surface area contributed by atoms with E-state index in [2.05, 4.69) is 10.2 Å². The maximum absolute atomic E-state index is 12.4. The van der Waals surface area contributed by atoms with Gasteiger partial charge < -0.3 is 14.8 Å². The van der Waals surface area contributed by atoms with Gasteiger partial charge in [0.25, 0.3) is 0 Å². The number of amides is 1. The molecule has 0 aromatic heterocycles. The Morgan fingerprint density at radius 3 is 2.52 bits per heavy atom. The molecule has 33 heavy (non-hydrogen) atoms. The summed E-state index contributed by atoms with van der Waals surface area (Å²) in [5.74, 6) is 0.431. The fourth-order valence-corrected chi connectivity index (χ4v) is 4.24. The Morgan fingerprint density at radius 2 is 1.82 bits per heavy atom. The Labute approximate surface area is 201 Å². The van der Waals surface area contributed by atoms with Gasteiger partial charge in [0.2, 0.25) is 5.91 Å². The van der Waals surface area contributed by atoms with Crippen LogP contribution in [0.15, 0.2) is 66.7 Å². The highest BCUT2D eigenvalue weighted by Gasteiger charge is 2.30. The van der Waals surface area contributed by atoms with E-state index in [0.717, 1.165) is 22.4 Å². The number of methoxy groups -OCH3 is 1. The van der Waals surface area contributed by atoms with Crippen molar-refractivity contribution in [3.05, 3.63) is 88.4 Å². The summed E-state index contributed by atoms with van der Waals surface area (Å²) in [5, 5.41) is 3.38. The molecule has 0 fully saturated rings. The highest BCUT2D eigenvalue weighted by molar-refractivity contribution is 6.32. The zero-order valence-corrected chi connectivity index (χ0v) is 19.3. The van der Waals surface area contributed by atoms with Crippen LogP contribution in [-0.2, 0) is 27.2 Å². The third-order valence-corrected chi connectivity index (χ3v) is 6.11. The van der Waals surface area contributed by atoms with E-state index in [4.69, 9.17) is 32.9 Å². The molecule has 0 saturated carbocycles. The molecular weight excluding hydrogens is 463 g/mol. The molecule has 2 N–H and O–H groups in total. The predicted molar refractivity (Wildman–Crippen MR) is 128 cm³/mol. The Morgan fingerprint density at radius 1 is 1.09 bits per heavy atom. The monoisotopic (exact) mass is 484 g/mol. The number of esters is 1. The van der Waals surface area contributed by atoms with Gasteiger partial charge in [-0.15, -0.1) is 0 Å². The van der Waals surface area contributed by atoms with E-state index in [1.807, 2.05) is 48.5 Å². The molecule has 170 valence electrons. The minimum absolute atomic E-state index is 0.00783. The number of hydrogen-bond donors (Lipinski definition) is 2. The van der Waals surface area contributed by atoms with Crippen LogP contribution in [0, 0.1) is 0 Å². The van der Waals surface area contributed by atoms with Crippen LogP contribution in [0.4, 0.5) is 5.69 Å². The Bertz CT molecular complexity index is 1170. The number of para-hydroxylation sites is 1. The maximum Gasteiger partial charge on any atom is 0.324 e. The number of carbonyl (C=O) groups is 2. The number of halogens is 2. The third kappa shape index (κ3) is 5.30. The van der Waals surface area contributed by atoms with E-state index in [0.29, 0.717) is 29.4 Å². The summed E-state index contributed by atoms with van der Waals surface area (Å²) in [4.78, 5) is 26.5. The van der Waals surface area contributed by atoms with Crippen LogP contribution in [-0.4, -0.2) is 25.0 Å². The first-order valence-electron chi connectivity index (χ1n) is 10.4. The fourth-order valence-electron chi connectivity index (χ4n) is 3.83. The molecule has 0 radical (unpaired) electrons. The van der Waals surface area contributed by atoms with Crippen LogP contribution < -0.4 is 14.9 Å². The number of rotatable bonds is 8. The summed E-state index contributed by atoms with van der Waals surface area (Å²) in [6.45, 7) is 0. The second-order valence-electron chi connectivity index (χ2n) is 7.73. The summed E-state index contributed by atoms with van der Waals surface area (Å²) >= 11 is 12.1. The highest BCUT2D eigenvalue weighted by Crippen LogP contribution is 2.36. The minimum Gasteiger partial charge on any atom is -0.468 e. The van der Waals surface area contributed by atoms with Crippen LogP contribution >= 0.6 is 23.4 Å².